The zero-order valence-corrected chi connectivity index (χ0v) is 12.4. The molecule has 1 aliphatic rings. The zero-order chi connectivity index (χ0) is 14.4. The predicted octanol–water partition coefficient (Wildman–Crippen LogP) is 2.77. The molecular weight excluding hydrogens is 242 g/mol. The van der Waals surface area contributed by atoms with E-state index in [1.165, 1.54) is 0 Å². The van der Waals surface area contributed by atoms with Gasteiger partial charge in [-0.1, -0.05) is 27.2 Å². The third-order valence-corrected chi connectivity index (χ3v) is 4.48. The molecule has 1 amide bonds. The summed E-state index contributed by atoms with van der Waals surface area (Å²) < 4.78 is 0. The Morgan fingerprint density at radius 2 is 2.05 bits per heavy atom. The molecule has 1 rings (SSSR count). The number of amides is 1. The number of piperidine rings is 1. The average molecular weight is 269 g/mol. The summed E-state index contributed by atoms with van der Waals surface area (Å²) in [4.78, 5) is 25.0. The van der Waals surface area contributed by atoms with Gasteiger partial charge in [0.25, 0.3) is 0 Å². The van der Waals surface area contributed by atoms with Gasteiger partial charge in [-0.15, -0.1) is 0 Å². The summed E-state index contributed by atoms with van der Waals surface area (Å²) in [6.45, 7) is 7.82. The van der Waals surface area contributed by atoms with Crippen LogP contribution in [0, 0.1) is 17.8 Å². The molecule has 4 nitrogen and oxygen atoms in total. The van der Waals surface area contributed by atoms with E-state index in [9.17, 15) is 9.59 Å². The van der Waals surface area contributed by atoms with Crippen molar-refractivity contribution in [2.24, 2.45) is 17.8 Å². The number of hydrogen-bond donors (Lipinski definition) is 1. The largest absolute Gasteiger partial charge is 0.481 e. The predicted molar refractivity (Wildman–Crippen MR) is 74.8 cm³/mol. The Morgan fingerprint density at radius 1 is 1.37 bits per heavy atom. The van der Waals surface area contributed by atoms with E-state index in [1.807, 2.05) is 11.8 Å². The van der Waals surface area contributed by atoms with Crippen molar-refractivity contribution in [2.45, 2.75) is 52.9 Å². The molecule has 0 aromatic carbocycles. The topological polar surface area (TPSA) is 57.6 Å². The molecule has 0 aromatic rings. The number of nitrogens with zero attached hydrogens (tertiary/aromatic N) is 1. The molecule has 0 aliphatic carbocycles. The highest BCUT2D eigenvalue weighted by molar-refractivity contribution is 5.78. The van der Waals surface area contributed by atoms with E-state index in [1.54, 1.807) is 0 Å². The highest BCUT2D eigenvalue weighted by Crippen LogP contribution is 2.24. The Hall–Kier alpha value is -1.06. The number of carbonyl (C=O) groups excluding carboxylic acids is 1. The van der Waals surface area contributed by atoms with Crippen molar-refractivity contribution in [3.8, 4) is 0 Å². The fraction of sp³-hybridized carbons (Fsp3) is 0.867. The first-order chi connectivity index (χ1) is 8.95. The fourth-order valence-electron chi connectivity index (χ4n) is 2.71. The van der Waals surface area contributed by atoms with Crippen LogP contribution in [-0.2, 0) is 9.59 Å². The molecular formula is C15H27NO3. The summed E-state index contributed by atoms with van der Waals surface area (Å²) in [5.41, 5.74) is 0. The van der Waals surface area contributed by atoms with Crippen LogP contribution in [0.1, 0.15) is 52.9 Å². The lowest BCUT2D eigenvalue weighted by molar-refractivity contribution is -0.138. The van der Waals surface area contributed by atoms with Gasteiger partial charge in [0.15, 0.2) is 0 Å². The van der Waals surface area contributed by atoms with E-state index < -0.39 is 5.97 Å². The second-order valence-electron chi connectivity index (χ2n) is 5.90. The van der Waals surface area contributed by atoms with Gasteiger partial charge >= 0.3 is 5.97 Å². The van der Waals surface area contributed by atoms with Crippen LogP contribution in [-0.4, -0.2) is 35.0 Å². The van der Waals surface area contributed by atoms with Crippen molar-refractivity contribution in [1.29, 1.82) is 0 Å². The van der Waals surface area contributed by atoms with Gasteiger partial charge in [0.2, 0.25) is 5.91 Å². The Balaban J connectivity index is 2.49. The number of aliphatic carboxylic acids is 1. The molecule has 1 heterocycles. The van der Waals surface area contributed by atoms with E-state index in [0.717, 1.165) is 32.4 Å². The number of carboxylic acid groups (broad SMARTS) is 1. The molecule has 0 aromatic heterocycles. The van der Waals surface area contributed by atoms with Crippen molar-refractivity contribution < 1.29 is 14.7 Å². The molecule has 110 valence electrons. The Morgan fingerprint density at radius 3 is 2.63 bits per heavy atom. The molecule has 1 N–H and O–H groups in total. The van der Waals surface area contributed by atoms with Crippen LogP contribution in [0.4, 0.5) is 0 Å². The number of hydrogen-bond acceptors (Lipinski definition) is 2. The molecule has 3 unspecified atom stereocenters. The first-order valence-corrected chi connectivity index (χ1v) is 7.46. The van der Waals surface area contributed by atoms with Crippen LogP contribution < -0.4 is 0 Å². The highest BCUT2D eigenvalue weighted by Gasteiger charge is 2.28. The molecule has 19 heavy (non-hydrogen) atoms. The Bertz CT molecular complexity index is 317. The van der Waals surface area contributed by atoms with Crippen molar-refractivity contribution in [1.82, 2.24) is 4.90 Å². The number of likely N-dealkylation sites (tertiary alicyclic amines) is 1. The van der Waals surface area contributed by atoms with E-state index >= 15 is 0 Å². The minimum atomic E-state index is -0.739. The SMILES string of the molecule is CCC(C)C(C)C(=O)N1CCCC(CCC(=O)O)C1. The van der Waals surface area contributed by atoms with Crippen molar-refractivity contribution >= 4 is 11.9 Å². The van der Waals surface area contributed by atoms with Crippen LogP contribution >= 0.6 is 0 Å². The van der Waals surface area contributed by atoms with Crippen LogP contribution in [0.25, 0.3) is 0 Å². The third kappa shape index (κ3) is 4.84. The fourth-order valence-corrected chi connectivity index (χ4v) is 2.71. The summed E-state index contributed by atoms with van der Waals surface area (Å²) in [6.07, 6.45) is 3.98. The molecule has 1 aliphatic heterocycles. The van der Waals surface area contributed by atoms with Crippen LogP contribution in [0.5, 0.6) is 0 Å². The average Bonchev–Trinajstić information content (AvgIpc) is 2.42. The quantitative estimate of drug-likeness (QED) is 0.806. The monoisotopic (exact) mass is 269 g/mol. The Labute approximate surface area is 116 Å². The molecule has 4 heteroatoms. The summed E-state index contributed by atoms with van der Waals surface area (Å²) in [5, 5.41) is 8.73. The Kier molecular flexibility index (Phi) is 6.32. The summed E-state index contributed by atoms with van der Waals surface area (Å²) in [7, 11) is 0. The first kappa shape index (κ1) is 16.0. The minimum absolute atomic E-state index is 0.0724. The van der Waals surface area contributed by atoms with Gasteiger partial charge in [-0.05, 0) is 31.1 Å². The second kappa shape index (κ2) is 7.51. The van der Waals surface area contributed by atoms with Gasteiger partial charge in [0.05, 0.1) is 0 Å². The number of rotatable bonds is 6. The maximum Gasteiger partial charge on any atom is 0.303 e. The lowest BCUT2D eigenvalue weighted by Crippen LogP contribution is -2.43. The molecule has 1 saturated heterocycles. The normalized spacial score (nSPS) is 22.9. The maximum absolute atomic E-state index is 12.4. The van der Waals surface area contributed by atoms with Gasteiger partial charge in [-0.25, -0.2) is 0 Å². The van der Waals surface area contributed by atoms with Crippen LogP contribution in [0.3, 0.4) is 0 Å². The van der Waals surface area contributed by atoms with E-state index in [4.69, 9.17) is 5.11 Å². The van der Waals surface area contributed by atoms with Gasteiger partial charge in [-0.3, -0.25) is 9.59 Å². The number of carbonyl (C=O) groups is 2. The first-order valence-electron chi connectivity index (χ1n) is 7.46. The van der Waals surface area contributed by atoms with Gasteiger partial charge < -0.3 is 10.0 Å². The lowest BCUT2D eigenvalue weighted by Gasteiger charge is -2.35. The summed E-state index contributed by atoms with van der Waals surface area (Å²) in [6, 6.07) is 0. The molecule has 0 bridgehead atoms. The van der Waals surface area contributed by atoms with Crippen molar-refractivity contribution in [3.05, 3.63) is 0 Å². The summed E-state index contributed by atoms with van der Waals surface area (Å²) in [5.74, 6) is 0.346. The third-order valence-electron chi connectivity index (χ3n) is 4.48. The molecule has 0 radical (unpaired) electrons. The van der Waals surface area contributed by atoms with Gasteiger partial charge in [0.1, 0.15) is 0 Å². The standard InChI is InChI=1S/C15H27NO3/c1-4-11(2)12(3)15(19)16-9-5-6-13(10-16)7-8-14(17)18/h11-13H,4-10H2,1-3H3,(H,17,18). The minimum Gasteiger partial charge on any atom is -0.481 e. The zero-order valence-electron chi connectivity index (χ0n) is 12.4. The molecule has 0 saturated carbocycles. The van der Waals surface area contributed by atoms with E-state index in [2.05, 4.69) is 13.8 Å². The van der Waals surface area contributed by atoms with Crippen molar-refractivity contribution in [2.75, 3.05) is 13.1 Å². The van der Waals surface area contributed by atoms with Crippen LogP contribution in [0.2, 0.25) is 0 Å². The molecule has 0 spiro atoms. The van der Waals surface area contributed by atoms with E-state index in [-0.39, 0.29) is 18.2 Å². The smallest absolute Gasteiger partial charge is 0.303 e. The molecule has 3 atom stereocenters. The lowest BCUT2D eigenvalue weighted by atomic mass is 9.89. The molecule has 1 fully saturated rings. The highest BCUT2D eigenvalue weighted by atomic mass is 16.4. The summed E-state index contributed by atoms with van der Waals surface area (Å²) >= 11 is 0. The van der Waals surface area contributed by atoms with Gasteiger partial charge in [-0.2, -0.15) is 0 Å². The number of carboxylic acids is 1. The van der Waals surface area contributed by atoms with Crippen molar-refractivity contribution in [3.63, 3.8) is 0 Å². The van der Waals surface area contributed by atoms with Gasteiger partial charge in [0, 0.05) is 25.4 Å². The van der Waals surface area contributed by atoms with E-state index in [0.29, 0.717) is 18.3 Å². The van der Waals surface area contributed by atoms with Crippen LogP contribution in [0.15, 0.2) is 0 Å². The second-order valence-corrected chi connectivity index (χ2v) is 5.90. The maximum atomic E-state index is 12.4.